The number of hydrogen-bond donors (Lipinski definition) is 1. The quantitative estimate of drug-likeness (QED) is 0.500. The third-order valence-electron chi connectivity index (χ3n) is 4.63. The Morgan fingerprint density at radius 3 is 2.38 bits per heavy atom. The smallest absolute Gasteiger partial charge is 0.331 e. The van der Waals surface area contributed by atoms with E-state index in [9.17, 15) is 18.0 Å². The van der Waals surface area contributed by atoms with Crippen LogP contribution in [-0.2, 0) is 29.1 Å². The summed E-state index contributed by atoms with van der Waals surface area (Å²) in [6, 6.07) is 6.19. The topological polar surface area (TPSA) is 102 Å². The van der Waals surface area contributed by atoms with Gasteiger partial charge in [-0.15, -0.1) is 0 Å². The fraction of sp³-hybridized carbons (Fsp3) is 0.500. The van der Waals surface area contributed by atoms with Crippen molar-refractivity contribution >= 4 is 28.0 Å². The second-order valence-corrected chi connectivity index (χ2v) is 9.06. The molecule has 1 heterocycles. The van der Waals surface area contributed by atoms with Crippen molar-refractivity contribution in [3.8, 4) is 0 Å². The molecule has 1 aromatic carbocycles. The van der Waals surface area contributed by atoms with E-state index in [1.807, 2.05) is 20.8 Å². The maximum Gasteiger partial charge on any atom is 0.331 e. The van der Waals surface area contributed by atoms with Crippen LogP contribution in [0.15, 0.2) is 35.2 Å². The van der Waals surface area contributed by atoms with Crippen LogP contribution in [0.2, 0.25) is 0 Å². The summed E-state index contributed by atoms with van der Waals surface area (Å²) in [5.41, 5.74) is 0.640. The number of amides is 1. The number of benzene rings is 1. The lowest BCUT2D eigenvalue weighted by Gasteiger charge is -2.26. The van der Waals surface area contributed by atoms with Crippen LogP contribution < -0.4 is 5.32 Å². The molecular formula is C20H28N2O6S. The highest BCUT2D eigenvalue weighted by molar-refractivity contribution is 7.89. The number of nitrogens with zero attached hydrogens (tertiary/aromatic N) is 1. The average molecular weight is 425 g/mol. The van der Waals surface area contributed by atoms with Gasteiger partial charge >= 0.3 is 5.97 Å². The van der Waals surface area contributed by atoms with Gasteiger partial charge in [-0.25, -0.2) is 13.2 Å². The van der Waals surface area contributed by atoms with Crippen molar-refractivity contribution < 1.29 is 27.5 Å². The summed E-state index contributed by atoms with van der Waals surface area (Å²) in [7, 11) is -3.55. The van der Waals surface area contributed by atoms with E-state index in [0.29, 0.717) is 31.9 Å². The number of esters is 1. The van der Waals surface area contributed by atoms with Gasteiger partial charge in [0.25, 0.3) is 5.91 Å². The van der Waals surface area contributed by atoms with Crippen molar-refractivity contribution in [3.05, 3.63) is 35.9 Å². The fourth-order valence-electron chi connectivity index (χ4n) is 2.50. The maximum absolute atomic E-state index is 12.6. The first-order chi connectivity index (χ1) is 13.7. The Morgan fingerprint density at radius 2 is 1.79 bits per heavy atom. The molecule has 1 fully saturated rings. The Morgan fingerprint density at radius 1 is 1.17 bits per heavy atom. The number of rotatable bonds is 8. The zero-order valence-electron chi connectivity index (χ0n) is 17.0. The van der Waals surface area contributed by atoms with Crippen LogP contribution in [0.4, 0.5) is 0 Å². The van der Waals surface area contributed by atoms with Crippen molar-refractivity contribution in [1.29, 1.82) is 0 Å². The molecule has 0 bridgehead atoms. The summed E-state index contributed by atoms with van der Waals surface area (Å²) in [6.07, 6.45) is 2.70. The van der Waals surface area contributed by atoms with E-state index in [0.717, 1.165) is 0 Å². The number of hydrogen-bond acceptors (Lipinski definition) is 6. The lowest BCUT2D eigenvalue weighted by Crippen LogP contribution is -2.40. The number of ether oxygens (including phenoxy) is 2. The van der Waals surface area contributed by atoms with Crippen LogP contribution in [-0.4, -0.2) is 63.6 Å². The first kappa shape index (κ1) is 23.1. The number of morpholine rings is 1. The maximum atomic E-state index is 12.6. The van der Waals surface area contributed by atoms with E-state index >= 15 is 0 Å². The summed E-state index contributed by atoms with van der Waals surface area (Å²) in [6.45, 7) is 6.93. The molecular weight excluding hydrogens is 396 g/mol. The lowest BCUT2D eigenvalue weighted by atomic mass is 10.1. The third-order valence-corrected chi connectivity index (χ3v) is 6.55. The summed E-state index contributed by atoms with van der Waals surface area (Å²) in [5.74, 6) is -0.724. The Kier molecular flexibility index (Phi) is 8.36. The molecule has 1 saturated heterocycles. The highest BCUT2D eigenvalue weighted by Gasteiger charge is 2.25. The van der Waals surface area contributed by atoms with Crippen LogP contribution in [0.1, 0.15) is 26.3 Å². The first-order valence-corrected chi connectivity index (χ1v) is 11.0. The van der Waals surface area contributed by atoms with Gasteiger partial charge in [0.2, 0.25) is 10.0 Å². The molecule has 0 radical (unpaired) electrons. The first-order valence-electron chi connectivity index (χ1n) is 9.52. The molecule has 1 N–H and O–H groups in total. The summed E-state index contributed by atoms with van der Waals surface area (Å²) in [5, 5.41) is 2.75. The Labute approximate surface area is 171 Å². The van der Waals surface area contributed by atoms with Crippen molar-refractivity contribution in [2.24, 2.45) is 5.92 Å². The minimum absolute atomic E-state index is 0.0102. The van der Waals surface area contributed by atoms with E-state index in [-0.39, 0.29) is 29.4 Å². The molecule has 1 amide bonds. The zero-order valence-corrected chi connectivity index (χ0v) is 17.8. The van der Waals surface area contributed by atoms with Gasteiger partial charge in [0.15, 0.2) is 6.61 Å². The second kappa shape index (κ2) is 10.5. The Balaban J connectivity index is 1.87. The summed E-state index contributed by atoms with van der Waals surface area (Å²) >= 11 is 0. The van der Waals surface area contributed by atoms with Crippen LogP contribution in [0.25, 0.3) is 6.08 Å². The highest BCUT2D eigenvalue weighted by atomic mass is 32.2. The molecule has 160 valence electrons. The molecule has 1 aromatic rings. The van der Waals surface area contributed by atoms with E-state index in [1.54, 1.807) is 12.1 Å². The molecule has 1 aliphatic rings. The number of carbonyl (C=O) groups excluding carboxylic acids is 2. The number of sulfonamides is 1. The normalized spacial score (nSPS) is 16.7. The molecule has 29 heavy (non-hydrogen) atoms. The number of carbonyl (C=O) groups is 2. The fourth-order valence-corrected chi connectivity index (χ4v) is 3.91. The predicted octanol–water partition coefficient (Wildman–Crippen LogP) is 1.42. The van der Waals surface area contributed by atoms with Crippen LogP contribution in [0, 0.1) is 5.92 Å². The van der Waals surface area contributed by atoms with Gasteiger partial charge in [-0.2, -0.15) is 4.31 Å². The summed E-state index contributed by atoms with van der Waals surface area (Å²) in [4.78, 5) is 23.7. The molecule has 0 aromatic heterocycles. The zero-order chi connectivity index (χ0) is 21.4. The molecule has 2 rings (SSSR count). The van der Waals surface area contributed by atoms with Gasteiger partial charge in [0.05, 0.1) is 18.1 Å². The largest absolute Gasteiger partial charge is 0.452 e. The Bertz CT molecular complexity index is 827. The standard InChI is InChI=1S/C20H28N2O6S/c1-15(2)16(3)21-19(23)14-28-20(24)9-6-17-4-7-18(8-5-17)29(25,26)22-10-12-27-13-11-22/h4-9,15-16H,10-14H2,1-3H3,(H,21,23)/b9-6+/t16-/m0/s1. The predicted molar refractivity (Wildman–Crippen MR) is 108 cm³/mol. The average Bonchev–Trinajstić information content (AvgIpc) is 2.71. The molecule has 9 heteroatoms. The van der Waals surface area contributed by atoms with Gasteiger partial charge in [0.1, 0.15) is 0 Å². The van der Waals surface area contributed by atoms with Crippen molar-refractivity contribution in [1.82, 2.24) is 9.62 Å². The monoisotopic (exact) mass is 424 g/mol. The minimum Gasteiger partial charge on any atom is -0.452 e. The lowest BCUT2D eigenvalue weighted by molar-refractivity contribution is -0.144. The van der Waals surface area contributed by atoms with Gasteiger partial charge in [-0.05, 0) is 36.6 Å². The molecule has 0 aliphatic carbocycles. The highest BCUT2D eigenvalue weighted by Crippen LogP contribution is 2.18. The molecule has 0 saturated carbocycles. The Hall–Kier alpha value is -2.23. The molecule has 1 atom stereocenters. The minimum atomic E-state index is -3.55. The van der Waals surface area contributed by atoms with E-state index in [1.165, 1.54) is 28.6 Å². The van der Waals surface area contributed by atoms with E-state index in [4.69, 9.17) is 9.47 Å². The molecule has 8 nitrogen and oxygen atoms in total. The van der Waals surface area contributed by atoms with Crippen molar-refractivity contribution in [2.75, 3.05) is 32.9 Å². The van der Waals surface area contributed by atoms with E-state index < -0.39 is 16.0 Å². The summed E-state index contributed by atoms with van der Waals surface area (Å²) < 4.78 is 36.6. The molecule has 0 spiro atoms. The number of nitrogens with one attached hydrogen (secondary N) is 1. The van der Waals surface area contributed by atoms with E-state index in [2.05, 4.69) is 5.32 Å². The second-order valence-electron chi connectivity index (χ2n) is 7.13. The van der Waals surface area contributed by atoms with Gasteiger partial charge < -0.3 is 14.8 Å². The van der Waals surface area contributed by atoms with Crippen LogP contribution in [0.3, 0.4) is 0 Å². The van der Waals surface area contributed by atoms with Gasteiger partial charge in [0, 0.05) is 25.2 Å². The van der Waals surface area contributed by atoms with Crippen LogP contribution >= 0.6 is 0 Å². The molecule has 1 aliphatic heterocycles. The van der Waals surface area contributed by atoms with Gasteiger partial charge in [-0.1, -0.05) is 26.0 Å². The molecule has 0 unspecified atom stereocenters. The van der Waals surface area contributed by atoms with Crippen LogP contribution in [0.5, 0.6) is 0 Å². The van der Waals surface area contributed by atoms with Gasteiger partial charge in [-0.3, -0.25) is 4.79 Å². The van der Waals surface area contributed by atoms with Crippen molar-refractivity contribution in [3.63, 3.8) is 0 Å². The SMILES string of the molecule is CC(C)[C@H](C)NC(=O)COC(=O)/C=C/c1ccc(S(=O)(=O)N2CCOCC2)cc1. The van der Waals surface area contributed by atoms with Crippen molar-refractivity contribution in [2.45, 2.75) is 31.7 Å². The third kappa shape index (κ3) is 6.95.